The van der Waals surface area contributed by atoms with Crippen LogP contribution in [0.4, 0.5) is 17.1 Å². The van der Waals surface area contributed by atoms with E-state index in [-0.39, 0.29) is 0 Å². The quantitative estimate of drug-likeness (QED) is 0.151. The minimum atomic E-state index is -0.520. The van der Waals surface area contributed by atoms with Crippen molar-refractivity contribution in [3.63, 3.8) is 0 Å². The predicted octanol–water partition coefficient (Wildman–Crippen LogP) is 18.0. The average Bonchev–Trinajstić information content (AvgIpc) is 3.88. The van der Waals surface area contributed by atoms with E-state index in [4.69, 9.17) is 0 Å². The Morgan fingerprint density at radius 2 is 0.647 bits per heavy atom. The predicted molar refractivity (Wildman–Crippen MR) is 286 cm³/mol. The third kappa shape index (κ3) is 5.63. The first kappa shape index (κ1) is 38.5. The SMILES string of the molecule is c1ccc(-c2cccc(-c3cc4c(cc3N(c3cccc(-c5ccccc5)c3)c3ccc5c6ccccc6c6ccccc6c5c3)C3(c5ccccc5-c5ccccc53)c3ccccc3-4)c2)cc1. The maximum Gasteiger partial charge on any atom is 0.0726 e. The number of benzene rings is 12. The highest BCUT2D eigenvalue weighted by molar-refractivity contribution is 6.26. The first-order chi connectivity index (χ1) is 33.7. The molecule has 0 N–H and O–H groups in total. The van der Waals surface area contributed by atoms with Gasteiger partial charge in [-0.25, -0.2) is 0 Å². The molecule has 316 valence electrons. The van der Waals surface area contributed by atoms with Crippen LogP contribution in [-0.2, 0) is 5.41 Å². The molecule has 12 aromatic rings. The van der Waals surface area contributed by atoms with Crippen LogP contribution in [0.1, 0.15) is 22.3 Å². The average molecular weight is 862 g/mol. The molecule has 0 unspecified atom stereocenters. The fraction of sp³-hybridized carbons (Fsp3) is 0.0149. The molecule has 68 heavy (non-hydrogen) atoms. The summed E-state index contributed by atoms with van der Waals surface area (Å²) >= 11 is 0. The Hall–Kier alpha value is -8.78. The largest absolute Gasteiger partial charge is 0.310 e. The van der Waals surface area contributed by atoms with Crippen LogP contribution in [0.2, 0.25) is 0 Å². The normalized spacial score (nSPS) is 12.8. The van der Waals surface area contributed by atoms with Gasteiger partial charge in [-0.15, -0.1) is 0 Å². The second-order valence-corrected chi connectivity index (χ2v) is 18.3. The van der Waals surface area contributed by atoms with Gasteiger partial charge in [0.05, 0.1) is 11.1 Å². The number of hydrogen-bond donors (Lipinski definition) is 0. The lowest BCUT2D eigenvalue weighted by atomic mass is 9.70. The number of anilines is 3. The van der Waals surface area contributed by atoms with Crippen LogP contribution < -0.4 is 4.90 Å². The van der Waals surface area contributed by atoms with Crippen LogP contribution in [0.3, 0.4) is 0 Å². The van der Waals surface area contributed by atoms with Gasteiger partial charge in [0.1, 0.15) is 0 Å². The van der Waals surface area contributed by atoms with E-state index in [9.17, 15) is 0 Å². The molecule has 12 aromatic carbocycles. The van der Waals surface area contributed by atoms with E-state index in [0.717, 1.165) is 22.6 Å². The molecule has 0 fully saturated rings. The molecule has 0 saturated heterocycles. The molecule has 0 radical (unpaired) electrons. The van der Waals surface area contributed by atoms with Crippen molar-refractivity contribution in [3.8, 4) is 55.6 Å². The molecule has 0 heterocycles. The van der Waals surface area contributed by atoms with Crippen molar-refractivity contribution < 1.29 is 0 Å². The summed E-state index contributed by atoms with van der Waals surface area (Å²) in [6.45, 7) is 0. The Kier molecular flexibility index (Phi) is 8.57. The first-order valence-electron chi connectivity index (χ1n) is 23.7. The summed E-state index contributed by atoms with van der Waals surface area (Å²) in [6.07, 6.45) is 0. The van der Waals surface area contributed by atoms with Crippen molar-refractivity contribution in [3.05, 3.63) is 283 Å². The van der Waals surface area contributed by atoms with E-state index in [1.807, 2.05) is 0 Å². The zero-order chi connectivity index (χ0) is 44.8. The van der Waals surface area contributed by atoms with Crippen molar-refractivity contribution in [2.75, 3.05) is 4.90 Å². The van der Waals surface area contributed by atoms with Gasteiger partial charge >= 0.3 is 0 Å². The van der Waals surface area contributed by atoms with Crippen LogP contribution in [0.15, 0.2) is 261 Å². The Morgan fingerprint density at radius 1 is 0.221 bits per heavy atom. The van der Waals surface area contributed by atoms with Crippen LogP contribution in [0.5, 0.6) is 0 Å². The van der Waals surface area contributed by atoms with Crippen molar-refractivity contribution in [1.82, 2.24) is 0 Å². The molecule has 0 atom stereocenters. The molecule has 0 bridgehead atoms. The molecular formula is C67H43N. The zero-order valence-corrected chi connectivity index (χ0v) is 37.3. The van der Waals surface area contributed by atoms with E-state index in [2.05, 4.69) is 266 Å². The molecule has 0 saturated carbocycles. The van der Waals surface area contributed by atoms with E-state index in [0.29, 0.717) is 0 Å². The molecule has 1 spiro atoms. The van der Waals surface area contributed by atoms with Gasteiger partial charge < -0.3 is 4.90 Å². The molecule has 1 heteroatoms. The highest BCUT2D eigenvalue weighted by Crippen LogP contribution is 2.64. The molecular weight excluding hydrogens is 819 g/mol. The zero-order valence-electron chi connectivity index (χ0n) is 37.3. The lowest BCUT2D eigenvalue weighted by molar-refractivity contribution is 0.794. The Labute approximate surface area is 396 Å². The van der Waals surface area contributed by atoms with Gasteiger partial charge in [0.2, 0.25) is 0 Å². The van der Waals surface area contributed by atoms with Gasteiger partial charge in [-0.2, -0.15) is 0 Å². The van der Waals surface area contributed by atoms with E-state index in [1.54, 1.807) is 0 Å². The van der Waals surface area contributed by atoms with Gasteiger partial charge in [0.15, 0.2) is 0 Å². The molecule has 2 aliphatic carbocycles. The molecule has 0 aliphatic heterocycles. The summed E-state index contributed by atoms with van der Waals surface area (Å²) in [6, 6.07) is 97.2. The summed E-state index contributed by atoms with van der Waals surface area (Å²) in [7, 11) is 0. The monoisotopic (exact) mass is 861 g/mol. The Balaban J connectivity index is 1.12. The number of nitrogens with zero attached hydrogens (tertiary/aromatic N) is 1. The molecule has 0 aromatic heterocycles. The fourth-order valence-corrected chi connectivity index (χ4v) is 12.0. The second kappa shape index (κ2) is 15.1. The van der Waals surface area contributed by atoms with Crippen LogP contribution >= 0.6 is 0 Å². The molecule has 2 aliphatic rings. The third-order valence-corrected chi connectivity index (χ3v) is 14.8. The van der Waals surface area contributed by atoms with Crippen LogP contribution in [0.25, 0.3) is 88.0 Å². The van der Waals surface area contributed by atoms with E-state index >= 15 is 0 Å². The lowest BCUT2D eigenvalue weighted by Crippen LogP contribution is -2.26. The summed E-state index contributed by atoms with van der Waals surface area (Å²) < 4.78 is 0. The fourth-order valence-electron chi connectivity index (χ4n) is 12.0. The summed E-state index contributed by atoms with van der Waals surface area (Å²) in [5, 5.41) is 7.53. The van der Waals surface area contributed by atoms with Crippen molar-refractivity contribution in [2.45, 2.75) is 5.41 Å². The van der Waals surface area contributed by atoms with E-state index < -0.39 is 5.41 Å². The van der Waals surface area contributed by atoms with E-state index in [1.165, 1.54) is 105 Å². The maximum absolute atomic E-state index is 2.57. The van der Waals surface area contributed by atoms with Gasteiger partial charge in [-0.05, 0) is 147 Å². The summed E-state index contributed by atoms with van der Waals surface area (Å²) in [4.78, 5) is 2.55. The van der Waals surface area contributed by atoms with Crippen molar-refractivity contribution in [1.29, 1.82) is 0 Å². The minimum absolute atomic E-state index is 0.520. The molecule has 1 nitrogen and oxygen atoms in total. The summed E-state index contributed by atoms with van der Waals surface area (Å²) in [5.74, 6) is 0. The molecule has 14 rings (SSSR count). The highest BCUT2D eigenvalue weighted by atomic mass is 15.1. The third-order valence-electron chi connectivity index (χ3n) is 14.8. The number of fused-ring (bicyclic) bond motifs is 16. The highest BCUT2D eigenvalue weighted by Gasteiger charge is 2.52. The van der Waals surface area contributed by atoms with Crippen molar-refractivity contribution >= 4 is 49.4 Å². The standard InChI is InChI=1S/C67H43N/c1-3-19-44(20-4-1)46-23-17-25-48(39-46)59-42-61-58-33-13-16-36-64(58)67(62-34-14-11-31-56(62)57-32-12-15-35-63(57)67)65(61)43-66(59)68(49-26-18-24-47(40-49)45-21-5-2-6-22-45)50-37-38-55-53-29-8-7-27-51(53)52-28-9-10-30-54(52)60(55)41-50/h1-43H. The maximum atomic E-state index is 2.57. The molecule has 0 amide bonds. The van der Waals surface area contributed by atoms with Crippen LogP contribution in [0, 0.1) is 0 Å². The number of hydrogen-bond acceptors (Lipinski definition) is 1. The van der Waals surface area contributed by atoms with Gasteiger partial charge in [0.25, 0.3) is 0 Å². The first-order valence-corrected chi connectivity index (χ1v) is 23.7. The Morgan fingerprint density at radius 3 is 1.24 bits per heavy atom. The van der Waals surface area contributed by atoms with Crippen LogP contribution in [-0.4, -0.2) is 0 Å². The summed E-state index contributed by atoms with van der Waals surface area (Å²) in [5.41, 5.74) is 20.3. The number of rotatable bonds is 6. The topological polar surface area (TPSA) is 3.24 Å². The Bertz CT molecular complexity index is 3900. The van der Waals surface area contributed by atoms with Crippen molar-refractivity contribution in [2.24, 2.45) is 0 Å². The van der Waals surface area contributed by atoms with Gasteiger partial charge in [0, 0.05) is 16.9 Å². The van der Waals surface area contributed by atoms with Gasteiger partial charge in [-0.3, -0.25) is 0 Å². The smallest absolute Gasteiger partial charge is 0.0726 e. The lowest BCUT2D eigenvalue weighted by Gasteiger charge is -2.33. The second-order valence-electron chi connectivity index (χ2n) is 18.3. The van der Waals surface area contributed by atoms with Gasteiger partial charge in [-0.1, -0.05) is 218 Å². The minimum Gasteiger partial charge on any atom is -0.310 e.